The summed E-state index contributed by atoms with van der Waals surface area (Å²) in [5.41, 5.74) is 4.50. The minimum atomic E-state index is -0.194. The average molecular weight is 407 g/mol. The fraction of sp³-hybridized carbons (Fsp3) is 0.333. The van der Waals surface area contributed by atoms with Crippen molar-refractivity contribution in [1.82, 2.24) is 20.0 Å². The normalized spacial score (nSPS) is 15.6. The van der Waals surface area contributed by atoms with Gasteiger partial charge in [0.05, 0.1) is 6.54 Å². The van der Waals surface area contributed by atoms with Gasteiger partial charge in [0.1, 0.15) is 5.82 Å². The molecule has 1 N–H and O–H groups in total. The van der Waals surface area contributed by atoms with Crippen LogP contribution < -0.4 is 5.32 Å². The SMILES string of the molecule is CN(C)C(=O)c1nn(Cc2ccccc2)c2c1CC(NCc1ccccc1F)CC2. The van der Waals surface area contributed by atoms with Gasteiger partial charge in [-0.25, -0.2) is 4.39 Å². The van der Waals surface area contributed by atoms with Crippen LogP contribution in [0.3, 0.4) is 0 Å². The predicted octanol–water partition coefficient (Wildman–Crippen LogP) is 3.42. The van der Waals surface area contributed by atoms with Crippen LogP contribution >= 0.6 is 0 Å². The molecule has 5 nitrogen and oxygen atoms in total. The van der Waals surface area contributed by atoms with Crippen molar-refractivity contribution in [2.75, 3.05) is 14.1 Å². The molecule has 6 heteroatoms. The number of fused-ring (bicyclic) bond motifs is 1. The Labute approximate surface area is 176 Å². The molecule has 3 aromatic rings. The van der Waals surface area contributed by atoms with E-state index >= 15 is 0 Å². The molecule has 0 saturated carbocycles. The Morgan fingerprint density at radius 2 is 1.90 bits per heavy atom. The lowest BCUT2D eigenvalue weighted by atomic mass is 9.91. The van der Waals surface area contributed by atoms with Crippen molar-refractivity contribution >= 4 is 5.91 Å². The van der Waals surface area contributed by atoms with Gasteiger partial charge in [0.25, 0.3) is 5.91 Å². The highest BCUT2D eigenvalue weighted by Crippen LogP contribution is 2.27. The second-order valence-electron chi connectivity index (χ2n) is 8.03. The molecule has 0 radical (unpaired) electrons. The van der Waals surface area contributed by atoms with Crippen molar-refractivity contribution in [3.8, 4) is 0 Å². The Morgan fingerprint density at radius 1 is 1.17 bits per heavy atom. The number of carbonyl (C=O) groups excluding carboxylic acids is 1. The maximum Gasteiger partial charge on any atom is 0.274 e. The highest BCUT2D eigenvalue weighted by Gasteiger charge is 2.29. The number of amides is 1. The molecule has 0 spiro atoms. The summed E-state index contributed by atoms with van der Waals surface area (Å²) in [6, 6.07) is 17.2. The van der Waals surface area contributed by atoms with E-state index < -0.39 is 0 Å². The van der Waals surface area contributed by atoms with Crippen molar-refractivity contribution in [3.05, 3.63) is 88.5 Å². The zero-order valence-electron chi connectivity index (χ0n) is 17.4. The minimum absolute atomic E-state index is 0.0761. The van der Waals surface area contributed by atoms with E-state index in [1.165, 1.54) is 6.07 Å². The molecule has 156 valence electrons. The molecule has 1 aromatic heterocycles. The lowest BCUT2D eigenvalue weighted by molar-refractivity contribution is 0.0820. The van der Waals surface area contributed by atoms with Gasteiger partial charge in [0.15, 0.2) is 5.69 Å². The van der Waals surface area contributed by atoms with Crippen LogP contribution in [0.5, 0.6) is 0 Å². The number of aromatic nitrogens is 2. The minimum Gasteiger partial charge on any atom is -0.343 e. The first-order valence-corrected chi connectivity index (χ1v) is 10.3. The highest BCUT2D eigenvalue weighted by atomic mass is 19.1. The maximum absolute atomic E-state index is 13.9. The molecule has 1 unspecified atom stereocenters. The van der Waals surface area contributed by atoms with Crippen molar-refractivity contribution in [3.63, 3.8) is 0 Å². The van der Waals surface area contributed by atoms with Gasteiger partial charge >= 0.3 is 0 Å². The Balaban J connectivity index is 1.56. The maximum atomic E-state index is 13.9. The number of nitrogens with one attached hydrogen (secondary N) is 1. The van der Waals surface area contributed by atoms with E-state index in [0.29, 0.717) is 30.8 Å². The fourth-order valence-electron chi connectivity index (χ4n) is 4.03. The second kappa shape index (κ2) is 8.79. The molecular formula is C24H27FN4O. The summed E-state index contributed by atoms with van der Waals surface area (Å²) in [4.78, 5) is 14.4. The molecule has 0 bridgehead atoms. The Bertz CT molecular complexity index is 1030. The van der Waals surface area contributed by atoms with E-state index in [1.807, 2.05) is 28.9 Å². The van der Waals surface area contributed by atoms with E-state index in [-0.39, 0.29) is 17.8 Å². The molecule has 1 amide bonds. The van der Waals surface area contributed by atoms with E-state index in [0.717, 1.165) is 29.7 Å². The molecule has 1 aliphatic carbocycles. The zero-order chi connectivity index (χ0) is 21.1. The Morgan fingerprint density at radius 3 is 2.63 bits per heavy atom. The third-order valence-electron chi connectivity index (χ3n) is 5.67. The quantitative estimate of drug-likeness (QED) is 0.683. The van der Waals surface area contributed by atoms with Crippen molar-refractivity contribution in [2.45, 2.75) is 38.4 Å². The van der Waals surface area contributed by atoms with Crippen molar-refractivity contribution < 1.29 is 9.18 Å². The van der Waals surface area contributed by atoms with Crippen molar-refractivity contribution in [2.24, 2.45) is 0 Å². The van der Waals surface area contributed by atoms with Gasteiger partial charge in [-0.3, -0.25) is 9.48 Å². The Hall–Kier alpha value is -2.99. The van der Waals surface area contributed by atoms with Gasteiger partial charge < -0.3 is 10.2 Å². The Kier molecular flexibility index (Phi) is 5.95. The van der Waals surface area contributed by atoms with E-state index in [9.17, 15) is 9.18 Å². The largest absolute Gasteiger partial charge is 0.343 e. The molecule has 0 saturated heterocycles. The fourth-order valence-corrected chi connectivity index (χ4v) is 4.03. The molecule has 0 aliphatic heterocycles. The molecular weight excluding hydrogens is 379 g/mol. The van der Waals surface area contributed by atoms with Gasteiger partial charge in [0.2, 0.25) is 0 Å². The van der Waals surface area contributed by atoms with Gasteiger partial charge in [-0.1, -0.05) is 48.5 Å². The number of halogens is 1. The average Bonchev–Trinajstić information content (AvgIpc) is 3.11. The predicted molar refractivity (Wildman–Crippen MR) is 115 cm³/mol. The molecule has 1 aliphatic rings. The number of hydrogen-bond donors (Lipinski definition) is 1. The molecule has 2 aromatic carbocycles. The summed E-state index contributed by atoms with van der Waals surface area (Å²) in [5.74, 6) is -0.270. The standard InChI is InChI=1S/C24H27FN4O/c1-28(2)24(30)23-20-14-19(26-15-18-10-6-7-11-21(18)25)12-13-22(20)29(27-23)16-17-8-4-3-5-9-17/h3-11,19,26H,12-16H2,1-2H3. The third-order valence-corrected chi connectivity index (χ3v) is 5.67. The van der Waals surface area contributed by atoms with Gasteiger partial charge in [-0.2, -0.15) is 5.10 Å². The van der Waals surface area contributed by atoms with Crippen LogP contribution in [0.1, 0.15) is 39.3 Å². The van der Waals surface area contributed by atoms with Gasteiger partial charge in [0, 0.05) is 43.5 Å². The first-order chi connectivity index (χ1) is 14.5. The third kappa shape index (κ3) is 4.28. The number of carbonyl (C=O) groups is 1. The van der Waals surface area contributed by atoms with Crippen LogP contribution in [0.15, 0.2) is 54.6 Å². The van der Waals surface area contributed by atoms with Crippen LogP contribution in [0.25, 0.3) is 0 Å². The molecule has 0 fully saturated rings. The van der Waals surface area contributed by atoms with E-state index in [2.05, 4.69) is 17.4 Å². The lowest BCUT2D eigenvalue weighted by Gasteiger charge is -2.25. The van der Waals surface area contributed by atoms with E-state index in [4.69, 9.17) is 5.10 Å². The highest BCUT2D eigenvalue weighted by molar-refractivity contribution is 5.93. The van der Waals surface area contributed by atoms with Crippen LogP contribution in [-0.4, -0.2) is 40.7 Å². The van der Waals surface area contributed by atoms with Crippen LogP contribution in [0, 0.1) is 5.82 Å². The van der Waals surface area contributed by atoms with Crippen LogP contribution in [-0.2, 0) is 25.9 Å². The lowest BCUT2D eigenvalue weighted by Crippen LogP contribution is -2.35. The summed E-state index contributed by atoms with van der Waals surface area (Å²) in [5, 5.41) is 8.18. The van der Waals surface area contributed by atoms with Crippen LogP contribution in [0.4, 0.5) is 4.39 Å². The molecule has 4 rings (SSSR count). The summed E-state index contributed by atoms with van der Waals surface area (Å²) in [6.45, 7) is 1.12. The summed E-state index contributed by atoms with van der Waals surface area (Å²) in [7, 11) is 3.50. The molecule has 1 atom stereocenters. The second-order valence-corrected chi connectivity index (χ2v) is 8.03. The number of hydrogen-bond acceptors (Lipinski definition) is 3. The summed E-state index contributed by atoms with van der Waals surface area (Å²) >= 11 is 0. The first-order valence-electron chi connectivity index (χ1n) is 10.3. The van der Waals surface area contributed by atoms with Crippen LogP contribution in [0.2, 0.25) is 0 Å². The number of nitrogens with zero attached hydrogens (tertiary/aromatic N) is 3. The molecule has 1 heterocycles. The topological polar surface area (TPSA) is 50.2 Å². The molecule has 30 heavy (non-hydrogen) atoms. The van der Waals surface area contributed by atoms with Crippen molar-refractivity contribution in [1.29, 1.82) is 0 Å². The first kappa shape index (κ1) is 20.3. The summed E-state index contributed by atoms with van der Waals surface area (Å²) in [6.07, 6.45) is 2.48. The monoisotopic (exact) mass is 406 g/mol. The number of benzene rings is 2. The smallest absolute Gasteiger partial charge is 0.274 e. The van der Waals surface area contributed by atoms with Gasteiger partial charge in [-0.05, 0) is 30.9 Å². The summed E-state index contributed by atoms with van der Waals surface area (Å²) < 4.78 is 15.9. The number of rotatable bonds is 6. The van der Waals surface area contributed by atoms with E-state index in [1.54, 1.807) is 31.1 Å². The zero-order valence-corrected chi connectivity index (χ0v) is 17.4. The van der Waals surface area contributed by atoms with Gasteiger partial charge in [-0.15, -0.1) is 0 Å².